The number of hydrogen-bond donors (Lipinski definition) is 2. The van der Waals surface area contributed by atoms with Gasteiger partial charge in [-0.2, -0.15) is 4.68 Å². The van der Waals surface area contributed by atoms with Crippen LogP contribution in [0, 0.1) is 0 Å². The number of anilines is 2. The van der Waals surface area contributed by atoms with Crippen LogP contribution in [0.5, 0.6) is 0 Å². The standard InChI is InChI=1S/C12H11N7OS/c13-9-5-10(14)16-12(15-9)21-6-19-11(20)7-3-1-2-4-8(7)17-18-19/h1-5H,6H2,(H4,13,14,15,16). The van der Waals surface area contributed by atoms with Crippen molar-refractivity contribution in [3.05, 3.63) is 40.7 Å². The number of aromatic nitrogens is 5. The summed E-state index contributed by atoms with van der Waals surface area (Å²) in [4.78, 5) is 20.3. The second kappa shape index (κ2) is 5.37. The molecule has 0 spiro atoms. The molecule has 0 atom stereocenters. The smallest absolute Gasteiger partial charge is 0.278 e. The molecule has 0 fully saturated rings. The number of nitrogens with two attached hydrogens (primary N) is 2. The van der Waals surface area contributed by atoms with Crippen molar-refractivity contribution in [1.82, 2.24) is 25.0 Å². The summed E-state index contributed by atoms with van der Waals surface area (Å²) in [7, 11) is 0. The molecule has 0 saturated carbocycles. The van der Waals surface area contributed by atoms with Crippen molar-refractivity contribution in [3.63, 3.8) is 0 Å². The van der Waals surface area contributed by atoms with Crippen LogP contribution in [0.1, 0.15) is 0 Å². The Kier molecular flexibility index (Phi) is 3.40. The van der Waals surface area contributed by atoms with Crippen LogP contribution >= 0.6 is 11.8 Å². The Balaban J connectivity index is 1.88. The molecule has 8 nitrogen and oxygen atoms in total. The quantitative estimate of drug-likeness (QED) is 0.529. The number of fused-ring (bicyclic) bond motifs is 1. The van der Waals surface area contributed by atoms with Gasteiger partial charge in [-0.05, 0) is 12.1 Å². The zero-order valence-corrected chi connectivity index (χ0v) is 11.6. The molecule has 9 heteroatoms. The van der Waals surface area contributed by atoms with Gasteiger partial charge >= 0.3 is 0 Å². The minimum absolute atomic E-state index is 0.218. The van der Waals surface area contributed by atoms with Crippen molar-refractivity contribution in [2.45, 2.75) is 11.0 Å². The fourth-order valence-corrected chi connectivity index (χ4v) is 2.50. The summed E-state index contributed by atoms with van der Waals surface area (Å²) in [6.45, 7) is 0. The maximum Gasteiger partial charge on any atom is 0.278 e. The van der Waals surface area contributed by atoms with Gasteiger partial charge in [-0.3, -0.25) is 4.79 Å². The maximum atomic E-state index is 12.2. The third-order valence-corrected chi connectivity index (χ3v) is 3.50. The number of nitrogen functional groups attached to an aromatic ring is 2. The molecule has 0 amide bonds. The maximum absolute atomic E-state index is 12.2. The van der Waals surface area contributed by atoms with Crippen LogP contribution in [0.15, 0.2) is 40.3 Å². The van der Waals surface area contributed by atoms with Crippen molar-refractivity contribution < 1.29 is 0 Å². The van der Waals surface area contributed by atoms with E-state index in [-0.39, 0.29) is 23.1 Å². The van der Waals surface area contributed by atoms with Crippen LogP contribution in [0.4, 0.5) is 11.6 Å². The van der Waals surface area contributed by atoms with Gasteiger partial charge in [-0.15, -0.1) is 5.10 Å². The molecule has 1 aromatic carbocycles. The third kappa shape index (κ3) is 2.77. The molecule has 2 aromatic heterocycles. The van der Waals surface area contributed by atoms with E-state index in [2.05, 4.69) is 20.3 Å². The van der Waals surface area contributed by atoms with E-state index in [9.17, 15) is 4.79 Å². The van der Waals surface area contributed by atoms with Gasteiger partial charge in [-0.25, -0.2) is 9.97 Å². The number of hydrogen-bond acceptors (Lipinski definition) is 8. The number of rotatable bonds is 3. The largest absolute Gasteiger partial charge is 0.383 e. The highest BCUT2D eigenvalue weighted by Gasteiger charge is 2.07. The SMILES string of the molecule is Nc1cc(N)nc(SCn2nnc3ccccc3c2=O)n1. The lowest BCUT2D eigenvalue weighted by Gasteiger charge is -2.05. The molecule has 0 saturated heterocycles. The van der Waals surface area contributed by atoms with Crippen molar-refractivity contribution >= 4 is 34.3 Å². The lowest BCUT2D eigenvalue weighted by Crippen LogP contribution is -2.23. The first-order valence-electron chi connectivity index (χ1n) is 5.99. The van der Waals surface area contributed by atoms with Crippen molar-refractivity contribution in [1.29, 1.82) is 0 Å². The normalized spacial score (nSPS) is 10.9. The highest BCUT2D eigenvalue weighted by Crippen LogP contribution is 2.17. The predicted molar refractivity (Wildman–Crippen MR) is 80.5 cm³/mol. The van der Waals surface area contributed by atoms with Gasteiger partial charge < -0.3 is 11.5 Å². The molecule has 0 bridgehead atoms. The molecule has 21 heavy (non-hydrogen) atoms. The van der Waals surface area contributed by atoms with E-state index in [4.69, 9.17) is 11.5 Å². The van der Waals surface area contributed by atoms with Crippen molar-refractivity contribution in [2.24, 2.45) is 0 Å². The van der Waals surface area contributed by atoms with Gasteiger partial charge in [0.2, 0.25) is 0 Å². The van der Waals surface area contributed by atoms with Gasteiger partial charge in [0.15, 0.2) is 5.16 Å². The highest BCUT2D eigenvalue weighted by molar-refractivity contribution is 7.98. The minimum Gasteiger partial charge on any atom is -0.383 e. The van der Waals surface area contributed by atoms with Crippen LogP contribution in [0.3, 0.4) is 0 Å². The molecule has 106 valence electrons. The fraction of sp³-hybridized carbons (Fsp3) is 0.0833. The molecule has 0 aliphatic heterocycles. The lowest BCUT2D eigenvalue weighted by molar-refractivity contribution is 0.644. The van der Waals surface area contributed by atoms with Crippen molar-refractivity contribution in [2.75, 3.05) is 11.5 Å². The molecular formula is C12H11N7OS. The Morgan fingerprint density at radius 3 is 2.62 bits per heavy atom. The Labute approximate surface area is 123 Å². The summed E-state index contributed by atoms with van der Waals surface area (Å²) in [5, 5.41) is 8.78. The van der Waals surface area contributed by atoms with Crippen molar-refractivity contribution in [3.8, 4) is 0 Å². The molecule has 4 N–H and O–H groups in total. The second-order valence-corrected chi connectivity index (χ2v) is 5.10. The van der Waals surface area contributed by atoms with Crippen LogP contribution in [0.2, 0.25) is 0 Å². The minimum atomic E-state index is -0.218. The predicted octanol–water partition coefficient (Wildman–Crippen LogP) is 0.496. The molecule has 3 rings (SSSR count). The topological polar surface area (TPSA) is 126 Å². The Hall–Kier alpha value is -2.68. The molecular weight excluding hydrogens is 290 g/mol. The van der Waals surface area contributed by atoms with E-state index in [1.165, 1.54) is 22.5 Å². The van der Waals surface area contributed by atoms with E-state index in [0.29, 0.717) is 16.1 Å². The van der Waals surface area contributed by atoms with E-state index in [1.54, 1.807) is 24.3 Å². The molecule has 0 radical (unpaired) electrons. The number of benzene rings is 1. The van der Waals surface area contributed by atoms with E-state index >= 15 is 0 Å². The summed E-state index contributed by atoms with van der Waals surface area (Å²) >= 11 is 1.20. The summed E-state index contributed by atoms with van der Waals surface area (Å²) in [5.74, 6) is 0.781. The Bertz CT molecular complexity index is 843. The zero-order chi connectivity index (χ0) is 14.8. The zero-order valence-electron chi connectivity index (χ0n) is 10.8. The highest BCUT2D eigenvalue weighted by atomic mass is 32.2. The van der Waals surface area contributed by atoms with Gasteiger partial charge in [0.25, 0.3) is 5.56 Å². The number of thioether (sulfide) groups is 1. The second-order valence-electron chi connectivity index (χ2n) is 4.18. The van der Waals surface area contributed by atoms with Gasteiger partial charge in [-0.1, -0.05) is 29.1 Å². The molecule has 2 heterocycles. The van der Waals surface area contributed by atoms with Gasteiger partial charge in [0, 0.05) is 6.07 Å². The van der Waals surface area contributed by atoms with E-state index < -0.39 is 0 Å². The molecule has 0 unspecified atom stereocenters. The average molecular weight is 301 g/mol. The van der Waals surface area contributed by atoms with Crippen LogP contribution < -0.4 is 17.0 Å². The monoisotopic (exact) mass is 301 g/mol. The lowest BCUT2D eigenvalue weighted by atomic mass is 10.2. The summed E-state index contributed by atoms with van der Waals surface area (Å²) < 4.78 is 1.25. The van der Waals surface area contributed by atoms with Crippen LogP contribution in [-0.2, 0) is 5.88 Å². The first-order valence-corrected chi connectivity index (χ1v) is 6.97. The first-order chi connectivity index (χ1) is 10.1. The van der Waals surface area contributed by atoms with Gasteiger partial charge in [0.05, 0.1) is 11.3 Å². The average Bonchev–Trinajstić information content (AvgIpc) is 2.46. The van der Waals surface area contributed by atoms with Crippen LogP contribution in [0.25, 0.3) is 10.9 Å². The van der Waals surface area contributed by atoms with Gasteiger partial charge in [0.1, 0.15) is 17.2 Å². The Morgan fingerprint density at radius 2 is 1.86 bits per heavy atom. The first kappa shape index (κ1) is 13.3. The van der Waals surface area contributed by atoms with Crippen LogP contribution in [-0.4, -0.2) is 25.0 Å². The third-order valence-electron chi connectivity index (χ3n) is 2.69. The summed E-state index contributed by atoms with van der Waals surface area (Å²) in [6.07, 6.45) is 0. The summed E-state index contributed by atoms with van der Waals surface area (Å²) in [5.41, 5.74) is 11.5. The van der Waals surface area contributed by atoms with E-state index in [1.807, 2.05) is 0 Å². The molecule has 0 aliphatic rings. The molecule has 3 aromatic rings. The summed E-state index contributed by atoms with van der Waals surface area (Å²) in [6, 6.07) is 8.50. The Morgan fingerprint density at radius 1 is 1.14 bits per heavy atom. The van der Waals surface area contributed by atoms with E-state index in [0.717, 1.165) is 0 Å². The number of nitrogens with zero attached hydrogens (tertiary/aromatic N) is 5. The fourth-order valence-electron chi connectivity index (χ4n) is 1.75. The molecule has 0 aliphatic carbocycles.